The van der Waals surface area contributed by atoms with Gasteiger partial charge in [0.2, 0.25) is 5.91 Å². The van der Waals surface area contributed by atoms with E-state index in [1.165, 1.54) is 12.1 Å². The quantitative estimate of drug-likeness (QED) is 0.738. The van der Waals surface area contributed by atoms with Crippen molar-refractivity contribution in [2.45, 2.75) is 18.2 Å². The number of benzene rings is 1. The van der Waals surface area contributed by atoms with Gasteiger partial charge in [-0.15, -0.1) is 11.3 Å². The van der Waals surface area contributed by atoms with Gasteiger partial charge in [-0.1, -0.05) is 23.2 Å². The maximum Gasteiger partial charge on any atom is 0.265 e. The molecule has 1 aliphatic heterocycles. The highest BCUT2D eigenvalue weighted by Gasteiger charge is 2.24. The fourth-order valence-electron chi connectivity index (χ4n) is 2.95. The number of aromatic nitrogens is 1. The van der Waals surface area contributed by atoms with Crippen molar-refractivity contribution < 1.29 is 13.2 Å². The Morgan fingerprint density at radius 3 is 2.57 bits per heavy atom. The van der Waals surface area contributed by atoms with Crippen molar-refractivity contribution in [1.29, 1.82) is 0 Å². The summed E-state index contributed by atoms with van der Waals surface area (Å²) >= 11 is 13.1. The van der Waals surface area contributed by atoms with Gasteiger partial charge in [0.15, 0.2) is 5.13 Å². The van der Waals surface area contributed by atoms with Crippen LogP contribution in [-0.2, 0) is 21.2 Å². The molecule has 1 fully saturated rings. The Labute approximate surface area is 178 Å². The number of hydrogen-bond donors (Lipinski definition) is 1. The summed E-state index contributed by atoms with van der Waals surface area (Å²) in [5.41, 5.74) is 0.970. The first-order valence-corrected chi connectivity index (χ1v) is 11.7. The number of rotatable bonds is 5. The van der Waals surface area contributed by atoms with Crippen LogP contribution in [0.5, 0.6) is 0 Å². The Morgan fingerprint density at radius 1 is 1.25 bits per heavy atom. The molecule has 1 amide bonds. The number of hydrogen-bond acceptors (Lipinski definition) is 6. The van der Waals surface area contributed by atoms with E-state index in [1.807, 2.05) is 7.05 Å². The van der Waals surface area contributed by atoms with Crippen LogP contribution in [0.1, 0.15) is 11.3 Å². The lowest BCUT2D eigenvalue weighted by atomic mass is 10.2. The van der Waals surface area contributed by atoms with E-state index in [2.05, 4.69) is 14.6 Å². The van der Waals surface area contributed by atoms with Crippen LogP contribution in [0.15, 0.2) is 22.4 Å². The molecule has 0 unspecified atom stereocenters. The van der Waals surface area contributed by atoms with Crippen molar-refractivity contribution in [1.82, 2.24) is 14.8 Å². The number of carbonyl (C=O) groups excluding carboxylic acids is 1. The third-order valence-corrected chi connectivity index (χ3v) is 7.53. The number of nitrogens with one attached hydrogen (secondary N) is 1. The number of thiazole rings is 1. The van der Waals surface area contributed by atoms with Gasteiger partial charge in [-0.25, -0.2) is 13.4 Å². The summed E-state index contributed by atoms with van der Waals surface area (Å²) < 4.78 is 27.9. The molecule has 0 radical (unpaired) electrons. The molecule has 0 spiro atoms. The van der Waals surface area contributed by atoms with E-state index in [0.717, 1.165) is 24.4 Å². The molecule has 0 atom stereocenters. The number of piperazine rings is 1. The SMILES string of the molecule is Cc1cc(Cl)cc(Cl)c1S(=O)(=O)Nc1nc(CC(=O)N2CCN(C)CC2)cs1. The van der Waals surface area contributed by atoms with Crippen molar-refractivity contribution in [2.75, 3.05) is 37.9 Å². The predicted molar refractivity (Wildman–Crippen MR) is 112 cm³/mol. The highest BCUT2D eigenvalue weighted by molar-refractivity contribution is 7.93. The number of anilines is 1. The number of likely N-dealkylation sites (N-methyl/N-ethyl adjacent to an activating group) is 1. The minimum Gasteiger partial charge on any atom is -0.340 e. The second-order valence-corrected chi connectivity index (χ2v) is 9.96. The Balaban J connectivity index is 1.70. The number of carbonyl (C=O) groups is 1. The second kappa shape index (κ2) is 8.54. The minimum absolute atomic E-state index is 0.00982. The number of sulfonamides is 1. The third kappa shape index (κ3) is 4.96. The molecule has 0 bridgehead atoms. The van der Waals surface area contributed by atoms with Gasteiger partial charge in [-0.2, -0.15) is 0 Å². The highest BCUT2D eigenvalue weighted by atomic mass is 35.5. The number of amides is 1. The molecule has 1 aromatic carbocycles. The molecule has 1 aromatic heterocycles. The van der Waals surface area contributed by atoms with E-state index >= 15 is 0 Å². The summed E-state index contributed by atoms with van der Waals surface area (Å²) in [7, 11) is -1.90. The third-order valence-electron chi connectivity index (χ3n) is 4.42. The normalized spacial score (nSPS) is 15.6. The standard InChI is InChI=1S/C17H20Cl2N4O3S2/c1-11-7-12(18)8-14(19)16(11)28(25,26)21-17-20-13(10-27-17)9-15(24)23-5-3-22(2)4-6-23/h7-8,10H,3-6,9H2,1-2H3,(H,20,21). The zero-order chi connectivity index (χ0) is 20.5. The Morgan fingerprint density at radius 2 is 1.93 bits per heavy atom. The molecule has 1 aliphatic rings. The van der Waals surface area contributed by atoms with Gasteiger partial charge in [-0.3, -0.25) is 9.52 Å². The molecule has 152 valence electrons. The molecule has 0 saturated carbocycles. The van der Waals surface area contributed by atoms with E-state index in [1.54, 1.807) is 17.2 Å². The molecular formula is C17H20Cl2N4O3S2. The summed E-state index contributed by atoms with van der Waals surface area (Å²) in [6, 6.07) is 2.91. The Hall–Kier alpha value is -1.39. The van der Waals surface area contributed by atoms with Crippen molar-refractivity contribution in [3.8, 4) is 0 Å². The molecule has 7 nitrogen and oxygen atoms in total. The molecule has 1 N–H and O–H groups in total. The molecule has 2 aromatic rings. The first-order chi connectivity index (χ1) is 13.2. The topological polar surface area (TPSA) is 82.6 Å². The summed E-state index contributed by atoms with van der Waals surface area (Å²) in [6.45, 7) is 4.68. The van der Waals surface area contributed by atoms with Crippen LogP contribution >= 0.6 is 34.5 Å². The molecule has 1 saturated heterocycles. The largest absolute Gasteiger partial charge is 0.340 e. The van der Waals surface area contributed by atoms with Crippen molar-refractivity contribution in [3.05, 3.63) is 38.8 Å². The van der Waals surface area contributed by atoms with E-state index in [0.29, 0.717) is 29.4 Å². The van der Waals surface area contributed by atoms with Crippen LogP contribution in [0.3, 0.4) is 0 Å². The summed E-state index contributed by atoms with van der Waals surface area (Å²) in [5.74, 6) is -0.00982. The molecule has 11 heteroatoms. The van der Waals surface area contributed by atoms with Crippen LogP contribution in [0, 0.1) is 6.92 Å². The first-order valence-electron chi connectivity index (χ1n) is 8.55. The summed E-state index contributed by atoms with van der Waals surface area (Å²) in [6.07, 6.45) is 0.142. The van der Waals surface area contributed by atoms with Gasteiger partial charge >= 0.3 is 0 Å². The minimum atomic E-state index is -3.93. The smallest absolute Gasteiger partial charge is 0.265 e. The van der Waals surface area contributed by atoms with E-state index in [9.17, 15) is 13.2 Å². The molecule has 2 heterocycles. The van der Waals surface area contributed by atoms with Crippen LogP contribution in [0.4, 0.5) is 5.13 Å². The maximum atomic E-state index is 12.7. The van der Waals surface area contributed by atoms with Crippen LogP contribution in [-0.4, -0.2) is 62.3 Å². The lowest BCUT2D eigenvalue weighted by Crippen LogP contribution is -2.47. The number of halogens is 2. The number of nitrogens with zero attached hydrogens (tertiary/aromatic N) is 3. The lowest BCUT2D eigenvalue weighted by Gasteiger charge is -2.32. The van der Waals surface area contributed by atoms with Gasteiger partial charge in [0, 0.05) is 36.6 Å². The highest BCUT2D eigenvalue weighted by Crippen LogP contribution is 2.31. The predicted octanol–water partition coefficient (Wildman–Crippen LogP) is 2.88. The zero-order valence-electron chi connectivity index (χ0n) is 15.4. The Bertz CT molecular complexity index is 963. The van der Waals surface area contributed by atoms with Gasteiger partial charge in [0.1, 0.15) is 4.90 Å². The second-order valence-electron chi connectivity index (χ2n) is 6.64. The van der Waals surface area contributed by atoms with E-state index < -0.39 is 10.0 Å². The van der Waals surface area contributed by atoms with Crippen molar-refractivity contribution in [2.24, 2.45) is 0 Å². The maximum absolute atomic E-state index is 12.7. The van der Waals surface area contributed by atoms with Crippen molar-refractivity contribution in [3.63, 3.8) is 0 Å². The molecule has 0 aliphatic carbocycles. The van der Waals surface area contributed by atoms with Crippen LogP contribution < -0.4 is 4.72 Å². The van der Waals surface area contributed by atoms with Gasteiger partial charge in [0.25, 0.3) is 10.0 Å². The number of aryl methyl sites for hydroxylation is 1. The zero-order valence-corrected chi connectivity index (χ0v) is 18.6. The molecule has 28 heavy (non-hydrogen) atoms. The average molecular weight is 463 g/mol. The summed E-state index contributed by atoms with van der Waals surface area (Å²) in [5, 5.41) is 2.27. The van der Waals surface area contributed by atoms with E-state index in [-0.39, 0.29) is 27.4 Å². The van der Waals surface area contributed by atoms with Crippen LogP contribution in [0.25, 0.3) is 0 Å². The van der Waals surface area contributed by atoms with Gasteiger partial charge in [-0.05, 0) is 31.7 Å². The average Bonchev–Trinajstić information content (AvgIpc) is 3.00. The fraction of sp³-hybridized carbons (Fsp3) is 0.412. The summed E-state index contributed by atoms with van der Waals surface area (Å²) in [4.78, 5) is 20.6. The molecular weight excluding hydrogens is 443 g/mol. The van der Waals surface area contributed by atoms with E-state index in [4.69, 9.17) is 23.2 Å². The van der Waals surface area contributed by atoms with Crippen LogP contribution in [0.2, 0.25) is 10.0 Å². The van der Waals surface area contributed by atoms with Gasteiger partial charge < -0.3 is 9.80 Å². The monoisotopic (exact) mass is 462 g/mol. The Kier molecular flexibility index (Phi) is 6.51. The van der Waals surface area contributed by atoms with Gasteiger partial charge in [0.05, 0.1) is 17.1 Å². The molecule has 3 rings (SSSR count). The van der Waals surface area contributed by atoms with Crippen molar-refractivity contribution >= 4 is 55.6 Å². The fourth-order valence-corrected chi connectivity index (χ4v) is 6.10. The first kappa shape index (κ1) is 21.3. The lowest BCUT2D eigenvalue weighted by molar-refractivity contribution is -0.132.